The third kappa shape index (κ3) is 5.22. The Morgan fingerprint density at radius 2 is 2.15 bits per heavy atom. The molecule has 1 aromatic rings. The van der Waals surface area contributed by atoms with Crippen molar-refractivity contribution in [1.29, 1.82) is 0 Å². The normalized spacial score (nSPS) is 21.9. The fraction of sp³-hybridized carbons (Fsp3) is 0.800. The van der Waals surface area contributed by atoms with Crippen LogP contribution in [0.2, 0.25) is 0 Å². The van der Waals surface area contributed by atoms with Crippen molar-refractivity contribution < 1.29 is 0 Å². The lowest BCUT2D eigenvalue weighted by molar-refractivity contribution is 0.252. The molecule has 0 spiro atoms. The molecule has 0 amide bonds. The van der Waals surface area contributed by atoms with E-state index in [9.17, 15) is 0 Å². The van der Waals surface area contributed by atoms with Crippen LogP contribution in [0.4, 0.5) is 0 Å². The first-order valence-electron chi connectivity index (χ1n) is 10.4. The van der Waals surface area contributed by atoms with Gasteiger partial charge in [0.05, 0.1) is 12.7 Å². The van der Waals surface area contributed by atoms with E-state index in [1.54, 1.807) is 0 Å². The molecule has 1 N–H and O–H groups in total. The highest BCUT2D eigenvalue weighted by Crippen LogP contribution is 2.22. The standard InChI is InChI=1S/C20H36N6/c1-4-21-20(22-10-12-24(2)19-7-5-6-8-19)26-11-9-17(16-26)13-18-14-23-25(3)15-18/h14-15,17,19H,4-13,16H2,1-3H3,(H,21,22). The Morgan fingerprint density at radius 1 is 1.35 bits per heavy atom. The third-order valence-electron chi connectivity index (χ3n) is 5.87. The summed E-state index contributed by atoms with van der Waals surface area (Å²) in [7, 11) is 4.25. The van der Waals surface area contributed by atoms with E-state index in [1.165, 1.54) is 37.7 Å². The van der Waals surface area contributed by atoms with Crippen molar-refractivity contribution >= 4 is 5.96 Å². The summed E-state index contributed by atoms with van der Waals surface area (Å²) < 4.78 is 1.90. The number of aromatic nitrogens is 2. The fourth-order valence-electron chi connectivity index (χ4n) is 4.37. The second-order valence-electron chi connectivity index (χ2n) is 7.98. The minimum atomic E-state index is 0.698. The number of hydrogen-bond donors (Lipinski definition) is 1. The van der Waals surface area contributed by atoms with Gasteiger partial charge in [-0.15, -0.1) is 0 Å². The molecule has 3 rings (SSSR count). The fourth-order valence-corrected chi connectivity index (χ4v) is 4.37. The van der Waals surface area contributed by atoms with Crippen molar-refractivity contribution in [3.63, 3.8) is 0 Å². The van der Waals surface area contributed by atoms with Gasteiger partial charge in [-0.2, -0.15) is 5.10 Å². The van der Waals surface area contributed by atoms with E-state index < -0.39 is 0 Å². The molecule has 1 aromatic heterocycles. The molecule has 0 aromatic carbocycles. The second kappa shape index (κ2) is 9.40. The SMILES string of the molecule is CCNC(=NCCN(C)C1CCCC1)N1CCC(Cc2cnn(C)c2)C1. The smallest absolute Gasteiger partial charge is 0.193 e. The number of guanidine groups is 1. The van der Waals surface area contributed by atoms with Gasteiger partial charge >= 0.3 is 0 Å². The monoisotopic (exact) mass is 360 g/mol. The minimum absolute atomic E-state index is 0.698. The number of hydrogen-bond acceptors (Lipinski definition) is 3. The van der Waals surface area contributed by atoms with Gasteiger partial charge in [0.2, 0.25) is 0 Å². The lowest BCUT2D eigenvalue weighted by Crippen LogP contribution is -2.41. The Labute approximate surface area is 158 Å². The van der Waals surface area contributed by atoms with E-state index >= 15 is 0 Å². The Kier molecular flexibility index (Phi) is 6.94. The van der Waals surface area contributed by atoms with Crippen molar-refractivity contribution in [3.8, 4) is 0 Å². The van der Waals surface area contributed by atoms with E-state index in [4.69, 9.17) is 4.99 Å². The van der Waals surface area contributed by atoms with Crippen molar-refractivity contribution in [3.05, 3.63) is 18.0 Å². The highest BCUT2D eigenvalue weighted by atomic mass is 15.3. The van der Waals surface area contributed by atoms with Gasteiger partial charge in [-0.1, -0.05) is 12.8 Å². The Balaban J connectivity index is 1.48. The Bertz CT molecular complexity index is 575. The first kappa shape index (κ1) is 19.2. The van der Waals surface area contributed by atoms with Crippen LogP contribution in [0.1, 0.15) is 44.6 Å². The van der Waals surface area contributed by atoms with Gasteiger partial charge in [0, 0.05) is 45.5 Å². The van der Waals surface area contributed by atoms with Crippen LogP contribution in [0.15, 0.2) is 17.4 Å². The zero-order valence-electron chi connectivity index (χ0n) is 16.8. The molecule has 6 nitrogen and oxygen atoms in total. The predicted octanol–water partition coefficient (Wildman–Crippen LogP) is 2.12. The molecule has 2 heterocycles. The molecule has 6 heteroatoms. The lowest BCUT2D eigenvalue weighted by Gasteiger charge is -2.24. The predicted molar refractivity (Wildman–Crippen MR) is 107 cm³/mol. The molecule has 1 unspecified atom stereocenters. The van der Waals surface area contributed by atoms with Crippen molar-refractivity contribution in [1.82, 2.24) is 24.9 Å². The number of aliphatic imine (C=N–C) groups is 1. The Morgan fingerprint density at radius 3 is 2.85 bits per heavy atom. The van der Waals surface area contributed by atoms with E-state index in [0.717, 1.165) is 51.1 Å². The summed E-state index contributed by atoms with van der Waals surface area (Å²) in [5.41, 5.74) is 1.35. The van der Waals surface area contributed by atoms with Gasteiger partial charge in [0.15, 0.2) is 5.96 Å². The van der Waals surface area contributed by atoms with Gasteiger partial charge in [0.25, 0.3) is 0 Å². The minimum Gasteiger partial charge on any atom is -0.357 e. The topological polar surface area (TPSA) is 48.7 Å². The average Bonchev–Trinajstić information content (AvgIpc) is 3.36. The molecule has 0 radical (unpaired) electrons. The van der Waals surface area contributed by atoms with Gasteiger partial charge in [0.1, 0.15) is 0 Å². The van der Waals surface area contributed by atoms with Crippen LogP contribution < -0.4 is 5.32 Å². The van der Waals surface area contributed by atoms with E-state index in [-0.39, 0.29) is 0 Å². The van der Waals surface area contributed by atoms with Crippen molar-refractivity contribution in [2.24, 2.45) is 18.0 Å². The maximum Gasteiger partial charge on any atom is 0.193 e. The molecule has 2 fully saturated rings. The second-order valence-corrected chi connectivity index (χ2v) is 7.98. The number of likely N-dealkylation sites (N-methyl/N-ethyl adjacent to an activating group) is 1. The van der Waals surface area contributed by atoms with Crippen LogP contribution in [-0.2, 0) is 13.5 Å². The Hall–Kier alpha value is -1.56. The molecule has 1 saturated heterocycles. The quantitative estimate of drug-likeness (QED) is 0.598. The molecule has 1 aliphatic heterocycles. The molecule has 0 bridgehead atoms. The summed E-state index contributed by atoms with van der Waals surface area (Å²) in [5, 5.41) is 7.79. The van der Waals surface area contributed by atoms with E-state index in [0.29, 0.717) is 5.92 Å². The first-order chi connectivity index (χ1) is 12.7. The number of likely N-dealkylation sites (tertiary alicyclic amines) is 1. The number of nitrogens with one attached hydrogen (secondary N) is 1. The van der Waals surface area contributed by atoms with E-state index in [2.05, 4.69) is 40.4 Å². The van der Waals surface area contributed by atoms with Crippen LogP contribution in [0, 0.1) is 5.92 Å². The molecule has 1 atom stereocenters. The van der Waals surface area contributed by atoms with Crippen molar-refractivity contribution in [2.45, 2.75) is 51.5 Å². The molecule has 146 valence electrons. The largest absolute Gasteiger partial charge is 0.357 e. The number of rotatable bonds is 7. The first-order valence-corrected chi connectivity index (χ1v) is 10.4. The zero-order valence-corrected chi connectivity index (χ0v) is 16.8. The highest BCUT2D eigenvalue weighted by molar-refractivity contribution is 5.80. The average molecular weight is 361 g/mol. The number of aryl methyl sites for hydroxylation is 1. The van der Waals surface area contributed by atoms with Gasteiger partial charge in [-0.05, 0) is 51.1 Å². The van der Waals surface area contributed by atoms with Crippen LogP contribution >= 0.6 is 0 Å². The maximum absolute atomic E-state index is 4.93. The molecule has 26 heavy (non-hydrogen) atoms. The third-order valence-corrected chi connectivity index (χ3v) is 5.87. The lowest BCUT2D eigenvalue weighted by atomic mass is 10.0. The summed E-state index contributed by atoms with van der Waals surface area (Å²) in [6.07, 6.45) is 12.0. The summed E-state index contributed by atoms with van der Waals surface area (Å²) in [6.45, 7) is 7.24. The maximum atomic E-state index is 4.93. The summed E-state index contributed by atoms with van der Waals surface area (Å²) in [5.74, 6) is 1.80. The van der Waals surface area contributed by atoms with Gasteiger partial charge < -0.3 is 15.1 Å². The summed E-state index contributed by atoms with van der Waals surface area (Å²) in [4.78, 5) is 9.88. The molecule has 1 saturated carbocycles. The summed E-state index contributed by atoms with van der Waals surface area (Å²) in [6, 6.07) is 0.781. The van der Waals surface area contributed by atoms with Gasteiger partial charge in [-0.3, -0.25) is 9.67 Å². The molecule has 2 aliphatic rings. The number of nitrogens with zero attached hydrogens (tertiary/aromatic N) is 5. The molecule has 1 aliphatic carbocycles. The zero-order chi connectivity index (χ0) is 18.4. The van der Waals surface area contributed by atoms with E-state index in [1.807, 2.05) is 17.9 Å². The van der Waals surface area contributed by atoms with Crippen LogP contribution in [0.5, 0.6) is 0 Å². The van der Waals surface area contributed by atoms with Crippen molar-refractivity contribution in [2.75, 3.05) is 39.8 Å². The van der Waals surface area contributed by atoms with Gasteiger partial charge in [-0.25, -0.2) is 0 Å². The summed E-state index contributed by atoms with van der Waals surface area (Å²) >= 11 is 0. The molecular weight excluding hydrogens is 324 g/mol. The van der Waals surface area contributed by atoms with Crippen LogP contribution in [0.25, 0.3) is 0 Å². The van der Waals surface area contributed by atoms with Crippen LogP contribution in [0.3, 0.4) is 0 Å². The van der Waals surface area contributed by atoms with Crippen LogP contribution in [-0.4, -0.2) is 71.4 Å². The molecular formula is C20H36N6. The highest BCUT2D eigenvalue weighted by Gasteiger charge is 2.25.